The Hall–Kier alpha value is -0.810. The first-order chi connectivity index (χ1) is 12.5. The minimum Gasteiger partial charge on any atom is -0.370 e. The molecule has 1 amide bonds. The molecule has 3 unspecified atom stereocenters. The van der Waals surface area contributed by atoms with Crippen LogP contribution in [0.4, 0.5) is 0 Å². The van der Waals surface area contributed by atoms with Crippen molar-refractivity contribution in [3.63, 3.8) is 0 Å². The van der Waals surface area contributed by atoms with Gasteiger partial charge >= 0.3 is 0 Å². The monoisotopic (exact) mass is 396 g/mol. The fourth-order valence-corrected chi connectivity index (χ4v) is 5.32. The number of fused-ring (bicyclic) bond motifs is 2. The van der Waals surface area contributed by atoms with Crippen LogP contribution in [-0.2, 0) is 9.53 Å². The second-order valence-corrected chi connectivity index (χ2v) is 8.83. The van der Waals surface area contributed by atoms with Crippen LogP contribution >= 0.6 is 23.2 Å². The third kappa shape index (κ3) is 3.62. The lowest BCUT2D eigenvalue weighted by Gasteiger charge is -2.45. The standard InChI is InChI=1S/C20H26Cl2N2O2/c21-16-5-4-12(10-17(16)22)18-11-24(6-7-26-18)20(25)15-8-13-2-1-3-14(9-15)19(13)23/h4-5,10,13-15,18-19H,1-3,6-9,11,23H2. The van der Waals surface area contributed by atoms with Gasteiger partial charge in [-0.15, -0.1) is 0 Å². The summed E-state index contributed by atoms with van der Waals surface area (Å²) in [5.74, 6) is 1.44. The van der Waals surface area contributed by atoms with Crippen molar-refractivity contribution in [3.8, 4) is 0 Å². The Kier molecular flexibility index (Phi) is 5.47. The van der Waals surface area contributed by atoms with Crippen LogP contribution in [0.2, 0.25) is 10.0 Å². The summed E-state index contributed by atoms with van der Waals surface area (Å²) in [7, 11) is 0. The summed E-state index contributed by atoms with van der Waals surface area (Å²) in [6, 6.07) is 5.85. The van der Waals surface area contributed by atoms with Crippen LogP contribution in [0.15, 0.2) is 18.2 Å². The highest BCUT2D eigenvalue weighted by Gasteiger charge is 2.42. The van der Waals surface area contributed by atoms with Crippen LogP contribution in [0, 0.1) is 17.8 Å². The molecule has 26 heavy (non-hydrogen) atoms. The van der Waals surface area contributed by atoms with Crippen LogP contribution < -0.4 is 5.73 Å². The fourth-order valence-electron chi connectivity index (χ4n) is 5.01. The Morgan fingerprint density at radius 2 is 1.88 bits per heavy atom. The summed E-state index contributed by atoms with van der Waals surface area (Å²) in [6.07, 6.45) is 5.37. The van der Waals surface area contributed by atoms with E-state index >= 15 is 0 Å². The van der Waals surface area contributed by atoms with Gasteiger partial charge in [-0.3, -0.25) is 4.79 Å². The third-order valence-corrected chi connectivity index (χ3v) is 7.19. The van der Waals surface area contributed by atoms with E-state index < -0.39 is 0 Å². The van der Waals surface area contributed by atoms with E-state index in [2.05, 4.69) is 0 Å². The van der Waals surface area contributed by atoms with Gasteiger partial charge in [0.05, 0.1) is 23.2 Å². The Morgan fingerprint density at radius 3 is 2.58 bits per heavy atom. The number of carbonyl (C=O) groups is 1. The Bertz CT molecular complexity index is 670. The maximum Gasteiger partial charge on any atom is 0.225 e. The highest BCUT2D eigenvalue weighted by molar-refractivity contribution is 6.42. The number of ether oxygens (including phenoxy) is 1. The first-order valence-corrected chi connectivity index (χ1v) is 10.4. The molecule has 0 aromatic heterocycles. The molecule has 4 nitrogen and oxygen atoms in total. The van der Waals surface area contributed by atoms with Gasteiger partial charge in [0.15, 0.2) is 0 Å². The molecule has 0 spiro atoms. The van der Waals surface area contributed by atoms with Gasteiger partial charge in [0.25, 0.3) is 0 Å². The lowest BCUT2D eigenvalue weighted by Crippen LogP contribution is -2.51. The fraction of sp³-hybridized carbons (Fsp3) is 0.650. The second kappa shape index (κ2) is 7.67. The number of nitrogens with zero attached hydrogens (tertiary/aromatic N) is 1. The molecule has 1 aliphatic heterocycles. The van der Waals surface area contributed by atoms with Crippen molar-refractivity contribution < 1.29 is 9.53 Å². The molecule has 142 valence electrons. The highest BCUT2D eigenvalue weighted by Crippen LogP contribution is 2.42. The lowest BCUT2D eigenvalue weighted by molar-refractivity contribution is -0.146. The summed E-state index contributed by atoms with van der Waals surface area (Å²) >= 11 is 12.2. The molecular formula is C20H26Cl2N2O2. The van der Waals surface area contributed by atoms with Crippen molar-refractivity contribution in [1.82, 2.24) is 4.90 Å². The van der Waals surface area contributed by atoms with Crippen LogP contribution in [0.1, 0.15) is 43.8 Å². The Morgan fingerprint density at radius 1 is 1.15 bits per heavy atom. The molecule has 2 bridgehead atoms. The summed E-state index contributed by atoms with van der Waals surface area (Å²) in [5, 5.41) is 1.05. The van der Waals surface area contributed by atoms with Gasteiger partial charge in [-0.2, -0.15) is 0 Å². The Labute approximate surface area is 165 Å². The molecule has 1 heterocycles. The van der Waals surface area contributed by atoms with Crippen LogP contribution in [-0.4, -0.2) is 36.5 Å². The minimum absolute atomic E-state index is 0.123. The number of halogens is 2. The quantitative estimate of drug-likeness (QED) is 0.819. The van der Waals surface area contributed by atoms with Crippen molar-refractivity contribution in [3.05, 3.63) is 33.8 Å². The summed E-state index contributed by atoms with van der Waals surface area (Å²) in [5.41, 5.74) is 7.35. The van der Waals surface area contributed by atoms with Crippen molar-refractivity contribution in [2.24, 2.45) is 23.5 Å². The van der Waals surface area contributed by atoms with Crippen molar-refractivity contribution in [2.75, 3.05) is 19.7 Å². The van der Waals surface area contributed by atoms with Crippen molar-refractivity contribution in [1.29, 1.82) is 0 Å². The molecule has 3 aliphatic rings. The molecule has 0 radical (unpaired) electrons. The zero-order chi connectivity index (χ0) is 18.3. The number of benzene rings is 1. The number of hydrogen-bond donors (Lipinski definition) is 1. The van der Waals surface area contributed by atoms with Gasteiger partial charge in [0.1, 0.15) is 6.10 Å². The van der Waals surface area contributed by atoms with E-state index in [-0.39, 0.29) is 17.9 Å². The number of amides is 1. The van der Waals surface area contributed by atoms with Crippen LogP contribution in [0.25, 0.3) is 0 Å². The van der Waals surface area contributed by atoms with Crippen LogP contribution in [0.3, 0.4) is 0 Å². The molecule has 1 saturated heterocycles. The van der Waals surface area contributed by atoms with E-state index in [0.717, 1.165) is 18.4 Å². The zero-order valence-electron chi connectivity index (χ0n) is 14.9. The van der Waals surface area contributed by atoms with E-state index in [9.17, 15) is 4.79 Å². The van der Waals surface area contributed by atoms with Gasteiger partial charge in [0, 0.05) is 18.5 Å². The largest absolute Gasteiger partial charge is 0.370 e. The predicted octanol–water partition coefficient (Wildman–Crippen LogP) is 4.05. The average Bonchev–Trinajstić information content (AvgIpc) is 2.63. The molecule has 3 atom stereocenters. The molecule has 2 aliphatic carbocycles. The molecule has 1 aromatic carbocycles. The second-order valence-electron chi connectivity index (χ2n) is 8.01. The van der Waals surface area contributed by atoms with E-state index in [1.165, 1.54) is 19.3 Å². The molecular weight excluding hydrogens is 371 g/mol. The normalized spacial score (nSPS) is 34.6. The first-order valence-electron chi connectivity index (χ1n) is 9.64. The molecule has 1 aromatic rings. The number of hydrogen-bond acceptors (Lipinski definition) is 3. The number of carbonyl (C=O) groups excluding carboxylic acids is 1. The van der Waals surface area contributed by atoms with E-state index in [1.807, 2.05) is 17.0 Å². The smallest absolute Gasteiger partial charge is 0.225 e. The number of nitrogens with two attached hydrogens (primary N) is 1. The molecule has 6 heteroatoms. The maximum atomic E-state index is 13.2. The molecule has 3 fully saturated rings. The number of morpholine rings is 1. The van der Waals surface area contributed by atoms with Gasteiger partial charge in [0.2, 0.25) is 5.91 Å². The maximum absolute atomic E-state index is 13.2. The SMILES string of the molecule is NC1C2CCCC1CC(C(=O)N1CCOC(c3ccc(Cl)c(Cl)c3)C1)C2. The Balaban J connectivity index is 1.44. The van der Waals surface area contributed by atoms with Crippen LogP contribution in [0.5, 0.6) is 0 Å². The summed E-state index contributed by atoms with van der Waals surface area (Å²) < 4.78 is 5.90. The topological polar surface area (TPSA) is 55.6 Å². The predicted molar refractivity (Wildman–Crippen MR) is 103 cm³/mol. The number of rotatable bonds is 2. The summed E-state index contributed by atoms with van der Waals surface area (Å²) in [4.78, 5) is 15.2. The van der Waals surface area contributed by atoms with Crippen molar-refractivity contribution in [2.45, 2.75) is 44.2 Å². The van der Waals surface area contributed by atoms with Gasteiger partial charge in [-0.1, -0.05) is 35.7 Å². The van der Waals surface area contributed by atoms with Gasteiger partial charge in [-0.05, 0) is 55.2 Å². The molecule has 2 N–H and O–H groups in total. The van der Waals surface area contributed by atoms with Gasteiger partial charge in [-0.25, -0.2) is 0 Å². The molecule has 2 saturated carbocycles. The lowest BCUT2D eigenvalue weighted by atomic mass is 9.65. The first kappa shape index (κ1) is 18.5. The van der Waals surface area contributed by atoms with E-state index in [1.54, 1.807) is 6.07 Å². The summed E-state index contributed by atoms with van der Waals surface area (Å²) in [6.45, 7) is 1.79. The van der Waals surface area contributed by atoms with Crippen molar-refractivity contribution >= 4 is 29.1 Å². The average molecular weight is 397 g/mol. The van der Waals surface area contributed by atoms with Gasteiger partial charge < -0.3 is 15.4 Å². The highest BCUT2D eigenvalue weighted by atomic mass is 35.5. The molecule has 4 rings (SSSR count). The minimum atomic E-state index is -0.146. The van der Waals surface area contributed by atoms with E-state index in [4.69, 9.17) is 33.7 Å². The zero-order valence-corrected chi connectivity index (χ0v) is 16.4. The van der Waals surface area contributed by atoms with E-state index in [0.29, 0.717) is 47.6 Å². The third-order valence-electron chi connectivity index (χ3n) is 6.46.